The molecule has 0 saturated heterocycles. The zero-order valence-corrected chi connectivity index (χ0v) is 16.6. The molecule has 0 radical (unpaired) electrons. The van der Waals surface area contributed by atoms with E-state index in [0.717, 1.165) is 0 Å². The molecule has 7 heteroatoms. The molecule has 3 rings (SSSR count). The fourth-order valence-electron chi connectivity index (χ4n) is 3.19. The van der Waals surface area contributed by atoms with Crippen molar-refractivity contribution in [2.75, 3.05) is 11.9 Å². The molecule has 1 N–H and O–H groups in total. The third-order valence-electron chi connectivity index (χ3n) is 4.53. The predicted octanol–water partition coefficient (Wildman–Crippen LogP) is 3.41. The van der Waals surface area contributed by atoms with Gasteiger partial charge >= 0.3 is 5.97 Å². The van der Waals surface area contributed by atoms with E-state index in [2.05, 4.69) is 10.3 Å². The van der Waals surface area contributed by atoms with Crippen LogP contribution in [0.3, 0.4) is 0 Å². The number of rotatable bonds is 6. The van der Waals surface area contributed by atoms with Gasteiger partial charge in [0.15, 0.2) is 0 Å². The van der Waals surface area contributed by atoms with E-state index in [1.54, 1.807) is 49.4 Å². The first-order valence-electron chi connectivity index (χ1n) is 9.46. The molecule has 0 aliphatic heterocycles. The van der Waals surface area contributed by atoms with Gasteiger partial charge in [0.25, 0.3) is 5.56 Å². The summed E-state index contributed by atoms with van der Waals surface area (Å²) < 4.78 is 6.35. The van der Waals surface area contributed by atoms with Crippen molar-refractivity contribution in [2.45, 2.75) is 26.8 Å². The zero-order chi connectivity index (χ0) is 21.0. The van der Waals surface area contributed by atoms with Gasteiger partial charge in [-0.15, -0.1) is 0 Å². The summed E-state index contributed by atoms with van der Waals surface area (Å²) >= 11 is 0. The number of aromatic nitrogens is 2. The standard InChI is InChI=1S/C22H23N3O4/c1-4-29-22(28)15-8-7-9-16(12-15)24-20(26)19(14(2)3)25-13-23-18-11-6-5-10-17(18)21(25)27/h5-14,19H,4H2,1-3H3,(H,24,26)/t19-/m0/s1. The molecule has 0 fully saturated rings. The fraction of sp³-hybridized carbons (Fsp3) is 0.273. The van der Waals surface area contributed by atoms with Crippen LogP contribution < -0.4 is 10.9 Å². The van der Waals surface area contributed by atoms with Crippen molar-refractivity contribution in [3.63, 3.8) is 0 Å². The maximum Gasteiger partial charge on any atom is 0.338 e. The third-order valence-corrected chi connectivity index (χ3v) is 4.53. The lowest BCUT2D eigenvalue weighted by atomic mass is 10.0. The van der Waals surface area contributed by atoms with Crippen molar-refractivity contribution in [3.05, 3.63) is 70.8 Å². The van der Waals surface area contributed by atoms with Crippen molar-refractivity contribution in [1.82, 2.24) is 9.55 Å². The molecule has 0 aliphatic rings. The zero-order valence-electron chi connectivity index (χ0n) is 16.6. The quantitative estimate of drug-likeness (QED) is 0.648. The van der Waals surface area contributed by atoms with E-state index in [1.165, 1.54) is 10.9 Å². The van der Waals surface area contributed by atoms with Gasteiger partial charge in [-0.25, -0.2) is 9.78 Å². The predicted molar refractivity (Wildman–Crippen MR) is 111 cm³/mol. The molecular weight excluding hydrogens is 370 g/mol. The number of esters is 1. The van der Waals surface area contributed by atoms with Crippen LogP contribution in [-0.4, -0.2) is 28.0 Å². The molecule has 1 amide bonds. The highest BCUT2D eigenvalue weighted by Gasteiger charge is 2.26. The van der Waals surface area contributed by atoms with Crippen LogP contribution in [-0.2, 0) is 9.53 Å². The number of nitrogens with zero attached hydrogens (tertiary/aromatic N) is 2. The van der Waals surface area contributed by atoms with E-state index in [1.807, 2.05) is 19.9 Å². The molecule has 150 valence electrons. The number of fused-ring (bicyclic) bond motifs is 1. The lowest BCUT2D eigenvalue weighted by Gasteiger charge is -2.22. The Balaban J connectivity index is 1.92. The minimum atomic E-state index is -0.758. The number of amides is 1. The summed E-state index contributed by atoms with van der Waals surface area (Å²) in [6.45, 7) is 5.72. The van der Waals surface area contributed by atoms with Crippen molar-refractivity contribution in [2.24, 2.45) is 5.92 Å². The summed E-state index contributed by atoms with van der Waals surface area (Å²) in [7, 11) is 0. The lowest BCUT2D eigenvalue weighted by Crippen LogP contribution is -2.36. The molecule has 1 atom stereocenters. The normalized spacial score (nSPS) is 12.0. The minimum absolute atomic E-state index is 0.163. The van der Waals surface area contributed by atoms with E-state index in [0.29, 0.717) is 22.2 Å². The van der Waals surface area contributed by atoms with E-state index < -0.39 is 12.0 Å². The Morgan fingerprint density at radius 3 is 2.62 bits per heavy atom. The van der Waals surface area contributed by atoms with Gasteiger partial charge in [-0.1, -0.05) is 32.0 Å². The van der Waals surface area contributed by atoms with E-state index in [9.17, 15) is 14.4 Å². The van der Waals surface area contributed by atoms with Gasteiger partial charge in [0.2, 0.25) is 5.91 Å². The van der Waals surface area contributed by atoms with Gasteiger partial charge in [0, 0.05) is 5.69 Å². The maximum atomic E-state index is 13.0. The summed E-state index contributed by atoms with van der Waals surface area (Å²) in [5.41, 5.74) is 1.10. The lowest BCUT2D eigenvalue weighted by molar-refractivity contribution is -0.120. The molecule has 1 aromatic heterocycles. The molecule has 0 bridgehead atoms. The number of benzene rings is 2. The summed E-state index contributed by atoms with van der Waals surface area (Å²) in [5.74, 6) is -0.983. The van der Waals surface area contributed by atoms with Crippen LogP contribution in [0, 0.1) is 5.92 Å². The van der Waals surface area contributed by atoms with Crippen LogP contribution in [0.4, 0.5) is 5.69 Å². The molecular formula is C22H23N3O4. The Kier molecular flexibility index (Phi) is 6.07. The second-order valence-electron chi connectivity index (χ2n) is 6.95. The molecule has 7 nitrogen and oxygen atoms in total. The number of para-hydroxylation sites is 1. The first kappa shape index (κ1) is 20.3. The largest absolute Gasteiger partial charge is 0.462 e. The molecule has 3 aromatic rings. The van der Waals surface area contributed by atoms with Crippen molar-refractivity contribution >= 4 is 28.5 Å². The Labute approximate surface area is 168 Å². The Morgan fingerprint density at radius 1 is 1.14 bits per heavy atom. The minimum Gasteiger partial charge on any atom is -0.462 e. The molecule has 1 heterocycles. The topological polar surface area (TPSA) is 90.3 Å². The summed E-state index contributed by atoms with van der Waals surface area (Å²) in [4.78, 5) is 42.2. The van der Waals surface area contributed by atoms with Gasteiger partial charge in [-0.3, -0.25) is 14.2 Å². The van der Waals surface area contributed by atoms with Crippen molar-refractivity contribution in [3.8, 4) is 0 Å². The van der Waals surface area contributed by atoms with Crippen LogP contribution in [0.2, 0.25) is 0 Å². The van der Waals surface area contributed by atoms with E-state index in [4.69, 9.17) is 4.74 Å². The number of nitrogens with one attached hydrogen (secondary N) is 1. The van der Waals surface area contributed by atoms with E-state index in [-0.39, 0.29) is 24.0 Å². The number of hydrogen-bond donors (Lipinski definition) is 1. The number of anilines is 1. The Hall–Kier alpha value is -3.48. The highest BCUT2D eigenvalue weighted by molar-refractivity contribution is 5.96. The van der Waals surface area contributed by atoms with Gasteiger partial charge in [0.05, 0.1) is 29.4 Å². The van der Waals surface area contributed by atoms with Crippen LogP contribution in [0.15, 0.2) is 59.7 Å². The van der Waals surface area contributed by atoms with Gasteiger partial charge < -0.3 is 10.1 Å². The van der Waals surface area contributed by atoms with Gasteiger partial charge in [-0.05, 0) is 43.2 Å². The first-order chi connectivity index (χ1) is 13.9. The van der Waals surface area contributed by atoms with Gasteiger partial charge in [-0.2, -0.15) is 0 Å². The smallest absolute Gasteiger partial charge is 0.338 e. The van der Waals surface area contributed by atoms with Crippen LogP contribution in [0.1, 0.15) is 37.2 Å². The second kappa shape index (κ2) is 8.68. The number of carbonyl (C=O) groups is 2. The average molecular weight is 393 g/mol. The van der Waals surface area contributed by atoms with Gasteiger partial charge in [0.1, 0.15) is 6.04 Å². The summed E-state index contributed by atoms with van der Waals surface area (Å²) in [5, 5.41) is 3.26. The molecule has 0 aliphatic carbocycles. The Morgan fingerprint density at radius 2 is 1.90 bits per heavy atom. The average Bonchev–Trinajstić information content (AvgIpc) is 2.70. The molecule has 0 unspecified atom stereocenters. The van der Waals surface area contributed by atoms with Crippen LogP contribution in [0.25, 0.3) is 10.9 Å². The first-order valence-corrected chi connectivity index (χ1v) is 9.46. The molecule has 0 spiro atoms. The summed E-state index contributed by atoms with van der Waals surface area (Å²) in [6, 6.07) is 12.8. The highest BCUT2D eigenvalue weighted by atomic mass is 16.5. The molecule has 0 saturated carbocycles. The second-order valence-corrected chi connectivity index (χ2v) is 6.95. The fourth-order valence-corrected chi connectivity index (χ4v) is 3.19. The summed E-state index contributed by atoms with van der Waals surface area (Å²) in [6.07, 6.45) is 1.41. The maximum absolute atomic E-state index is 13.0. The molecule has 29 heavy (non-hydrogen) atoms. The van der Waals surface area contributed by atoms with E-state index >= 15 is 0 Å². The SMILES string of the molecule is CCOC(=O)c1cccc(NC(=O)[C@H](C(C)C)n2cnc3ccccc3c2=O)c1. The number of hydrogen-bond acceptors (Lipinski definition) is 5. The van der Waals surface area contributed by atoms with Crippen molar-refractivity contribution in [1.29, 1.82) is 0 Å². The highest BCUT2D eigenvalue weighted by Crippen LogP contribution is 2.20. The monoisotopic (exact) mass is 393 g/mol. The number of ether oxygens (including phenoxy) is 1. The number of carbonyl (C=O) groups excluding carboxylic acids is 2. The third kappa shape index (κ3) is 4.34. The Bertz CT molecular complexity index is 1100. The molecule has 2 aromatic carbocycles. The van der Waals surface area contributed by atoms with Crippen molar-refractivity contribution < 1.29 is 14.3 Å². The van der Waals surface area contributed by atoms with Crippen LogP contribution >= 0.6 is 0 Å². The van der Waals surface area contributed by atoms with Crippen LogP contribution in [0.5, 0.6) is 0 Å².